The molecule has 1 aliphatic rings. The molecule has 152 valence electrons. The lowest BCUT2D eigenvalue weighted by molar-refractivity contribution is -0.120. The highest BCUT2D eigenvalue weighted by Gasteiger charge is 2.28. The second-order valence-electron chi connectivity index (χ2n) is 7.12. The van der Waals surface area contributed by atoms with Gasteiger partial charge in [0.15, 0.2) is 17.1 Å². The van der Waals surface area contributed by atoms with E-state index in [1.807, 2.05) is 42.5 Å². The molecule has 0 saturated carbocycles. The molecule has 1 atom stereocenters. The minimum atomic E-state index is -0.0263. The van der Waals surface area contributed by atoms with Crippen LogP contribution in [0.1, 0.15) is 18.4 Å². The number of carbonyl (C=O) groups excluding carboxylic acids is 1. The normalized spacial score (nSPS) is 16.2. The second kappa shape index (κ2) is 8.43. The van der Waals surface area contributed by atoms with Crippen molar-refractivity contribution in [2.75, 3.05) is 32.2 Å². The number of ether oxygens (including phenoxy) is 2. The minimum Gasteiger partial charge on any atom is -0.493 e. The largest absolute Gasteiger partial charge is 0.493 e. The van der Waals surface area contributed by atoms with Crippen molar-refractivity contribution in [1.29, 1.82) is 0 Å². The maximum absolute atomic E-state index is 12.5. The predicted molar refractivity (Wildman–Crippen MR) is 111 cm³/mol. The summed E-state index contributed by atoms with van der Waals surface area (Å²) in [5.41, 5.74) is 2.51. The van der Waals surface area contributed by atoms with E-state index in [1.54, 1.807) is 14.2 Å². The van der Waals surface area contributed by atoms with Gasteiger partial charge in [-0.25, -0.2) is 0 Å². The molecule has 0 spiro atoms. The SMILES string of the molecule is COc1ccc(CC(=O)NC[C@@H]2CCCN2c2nc3ccccc3o2)cc1OC. The van der Waals surface area contributed by atoms with Crippen molar-refractivity contribution >= 4 is 23.0 Å². The summed E-state index contributed by atoms with van der Waals surface area (Å²) in [7, 11) is 3.18. The number of hydrogen-bond acceptors (Lipinski definition) is 6. The van der Waals surface area contributed by atoms with Gasteiger partial charge in [-0.1, -0.05) is 18.2 Å². The van der Waals surface area contributed by atoms with Crippen LogP contribution in [0.25, 0.3) is 11.1 Å². The van der Waals surface area contributed by atoms with Gasteiger partial charge in [-0.3, -0.25) is 4.79 Å². The van der Waals surface area contributed by atoms with Crippen LogP contribution in [0.4, 0.5) is 6.01 Å². The number of amides is 1. The van der Waals surface area contributed by atoms with Crippen molar-refractivity contribution in [1.82, 2.24) is 10.3 Å². The Morgan fingerprint density at radius 3 is 2.83 bits per heavy atom. The van der Waals surface area contributed by atoms with Crippen LogP contribution >= 0.6 is 0 Å². The van der Waals surface area contributed by atoms with Crippen molar-refractivity contribution in [3.05, 3.63) is 48.0 Å². The number of oxazole rings is 1. The highest BCUT2D eigenvalue weighted by atomic mass is 16.5. The second-order valence-corrected chi connectivity index (χ2v) is 7.12. The van der Waals surface area contributed by atoms with Crippen LogP contribution in [0.15, 0.2) is 46.9 Å². The third-order valence-corrected chi connectivity index (χ3v) is 5.25. The number of rotatable bonds is 7. The molecule has 7 heteroatoms. The zero-order valence-corrected chi connectivity index (χ0v) is 16.7. The monoisotopic (exact) mass is 395 g/mol. The molecule has 1 fully saturated rings. The number of benzene rings is 2. The molecule has 4 rings (SSSR count). The fourth-order valence-corrected chi connectivity index (χ4v) is 3.75. The van der Waals surface area contributed by atoms with E-state index in [-0.39, 0.29) is 18.4 Å². The Morgan fingerprint density at radius 1 is 1.21 bits per heavy atom. The van der Waals surface area contributed by atoms with E-state index < -0.39 is 0 Å². The highest BCUT2D eigenvalue weighted by molar-refractivity contribution is 5.79. The maximum atomic E-state index is 12.5. The van der Waals surface area contributed by atoms with Gasteiger partial charge in [0.05, 0.1) is 26.7 Å². The van der Waals surface area contributed by atoms with Gasteiger partial charge >= 0.3 is 0 Å². The van der Waals surface area contributed by atoms with E-state index in [4.69, 9.17) is 13.9 Å². The van der Waals surface area contributed by atoms with Crippen LogP contribution < -0.4 is 19.7 Å². The van der Waals surface area contributed by atoms with Crippen molar-refractivity contribution < 1.29 is 18.7 Å². The quantitative estimate of drug-likeness (QED) is 0.662. The van der Waals surface area contributed by atoms with Gasteiger partial charge in [0.2, 0.25) is 5.91 Å². The number of nitrogens with one attached hydrogen (secondary N) is 1. The van der Waals surface area contributed by atoms with E-state index >= 15 is 0 Å². The number of hydrogen-bond donors (Lipinski definition) is 1. The molecule has 0 aliphatic carbocycles. The number of anilines is 1. The van der Waals surface area contributed by atoms with Crippen LogP contribution in [0.5, 0.6) is 11.5 Å². The van der Waals surface area contributed by atoms with Gasteiger partial charge in [0.1, 0.15) is 5.52 Å². The number of para-hydroxylation sites is 2. The van der Waals surface area contributed by atoms with Crippen LogP contribution in [0, 0.1) is 0 Å². The van der Waals surface area contributed by atoms with E-state index in [1.165, 1.54) is 0 Å². The lowest BCUT2D eigenvalue weighted by Crippen LogP contribution is -2.40. The van der Waals surface area contributed by atoms with E-state index in [2.05, 4.69) is 15.2 Å². The van der Waals surface area contributed by atoms with Crippen LogP contribution in [0.2, 0.25) is 0 Å². The molecule has 3 aromatic rings. The van der Waals surface area contributed by atoms with Crippen molar-refractivity contribution in [3.63, 3.8) is 0 Å². The smallest absolute Gasteiger partial charge is 0.298 e. The summed E-state index contributed by atoms with van der Waals surface area (Å²) < 4.78 is 16.5. The zero-order valence-electron chi connectivity index (χ0n) is 16.7. The van der Waals surface area contributed by atoms with Gasteiger partial charge in [-0.2, -0.15) is 4.98 Å². The summed E-state index contributed by atoms with van der Waals surface area (Å²) >= 11 is 0. The molecule has 1 aromatic heterocycles. The Bertz CT molecular complexity index is 968. The third kappa shape index (κ3) is 4.13. The number of fused-ring (bicyclic) bond motifs is 1. The Labute approximate surface area is 169 Å². The average molecular weight is 395 g/mol. The number of carbonyl (C=O) groups is 1. The summed E-state index contributed by atoms with van der Waals surface area (Å²) in [6, 6.07) is 14.1. The molecule has 1 saturated heterocycles. The maximum Gasteiger partial charge on any atom is 0.298 e. The van der Waals surface area contributed by atoms with Gasteiger partial charge < -0.3 is 24.1 Å². The van der Waals surface area contributed by atoms with E-state index in [0.29, 0.717) is 24.1 Å². The first-order valence-corrected chi connectivity index (χ1v) is 9.77. The van der Waals surface area contributed by atoms with Crippen molar-refractivity contribution in [2.24, 2.45) is 0 Å². The van der Waals surface area contributed by atoms with Crippen LogP contribution in [-0.4, -0.2) is 44.2 Å². The minimum absolute atomic E-state index is 0.0263. The van der Waals surface area contributed by atoms with E-state index in [9.17, 15) is 4.79 Å². The lowest BCUT2D eigenvalue weighted by atomic mass is 10.1. The number of methoxy groups -OCH3 is 2. The molecule has 29 heavy (non-hydrogen) atoms. The molecule has 2 heterocycles. The third-order valence-electron chi connectivity index (χ3n) is 5.25. The number of nitrogens with zero attached hydrogens (tertiary/aromatic N) is 2. The molecule has 7 nitrogen and oxygen atoms in total. The molecule has 0 unspecified atom stereocenters. The Morgan fingerprint density at radius 2 is 2.03 bits per heavy atom. The summed E-state index contributed by atoms with van der Waals surface area (Å²) in [5, 5.41) is 3.05. The molecule has 1 N–H and O–H groups in total. The first-order chi connectivity index (χ1) is 14.2. The van der Waals surface area contributed by atoms with E-state index in [0.717, 1.165) is 36.0 Å². The molecule has 1 amide bonds. The lowest BCUT2D eigenvalue weighted by Gasteiger charge is -2.23. The Balaban J connectivity index is 1.37. The fourth-order valence-electron chi connectivity index (χ4n) is 3.75. The van der Waals surface area contributed by atoms with Gasteiger partial charge in [0, 0.05) is 13.1 Å². The summed E-state index contributed by atoms with van der Waals surface area (Å²) in [6.07, 6.45) is 2.33. The molecule has 0 bridgehead atoms. The number of aromatic nitrogens is 1. The predicted octanol–water partition coefficient (Wildman–Crippen LogP) is 3.17. The van der Waals surface area contributed by atoms with Crippen LogP contribution in [-0.2, 0) is 11.2 Å². The van der Waals surface area contributed by atoms with Crippen LogP contribution in [0.3, 0.4) is 0 Å². The molecule has 2 aromatic carbocycles. The summed E-state index contributed by atoms with van der Waals surface area (Å²) in [5.74, 6) is 1.24. The summed E-state index contributed by atoms with van der Waals surface area (Å²) in [6.45, 7) is 1.44. The van der Waals surface area contributed by atoms with Crippen molar-refractivity contribution in [2.45, 2.75) is 25.3 Å². The average Bonchev–Trinajstić information content (AvgIpc) is 3.38. The molecular weight excluding hydrogens is 370 g/mol. The van der Waals surface area contributed by atoms with Crippen molar-refractivity contribution in [3.8, 4) is 11.5 Å². The zero-order chi connectivity index (χ0) is 20.2. The highest BCUT2D eigenvalue weighted by Crippen LogP contribution is 2.29. The standard InChI is InChI=1S/C22H25N3O4/c1-27-19-10-9-15(12-20(19)28-2)13-21(26)23-14-16-6-5-11-25(16)22-24-17-7-3-4-8-18(17)29-22/h3-4,7-10,12,16H,5-6,11,13-14H2,1-2H3,(H,23,26)/t16-/m0/s1. The Kier molecular flexibility index (Phi) is 5.55. The summed E-state index contributed by atoms with van der Waals surface area (Å²) in [4.78, 5) is 19.2. The first kappa shape index (κ1) is 19.1. The van der Waals surface area contributed by atoms with Gasteiger partial charge in [-0.05, 0) is 42.7 Å². The van der Waals surface area contributed by atoms with Gasteiger partial charge in [0.25, 0.3) is 6.01 Å². The Hall–Kier alpha value is -3.22. The molecule has 0 radical (unpaired) electrons. The fraction of sp³-hybridized carbons (Fsp3) is 0.364. The topological polar surface area (TPSA) is 76.8 Å². The van der Waals surface area contributed by atoms with Gasteiger partial charge in [-0.15, -0.1) is 0 Å². The molecule has 1 aliphatic heterocycles. The molecular formula is C22H25N3O4. The first-order valence-electron chi connectivity index (χ1n) is 9.77.